The first-order valence-electron chi connectivity index (χ1n) is 12.2. The number of anilines is 3. The number of piperazine rings is 1. The topological polar surface area (TPSA) is 114 Å². The highest BCUT2D eigenvalue weighted by atomic mass is 16.5. The number of Topliss-reactive ketones (excluding diaryl/α,β-unsaturated/α-hetero) is 1. The van der Waals surface area contributed by atoms with E-state index < -0.39 is 0 Å². The second-order valence-corrected chi connectivity index (χ2v) is 9.83. The van der Waals surface area contributed by atoms with Gasteiger partial charge in [0.15, 0.2) is 5.78 Å². The van der Waals surface area contributed by atoms with Crippen LogP contribution < -0.4 is 21.1 Å². The van der Waals surface area contributed by atoms with E-state index in [1.807, 2.05) is 12.3 Å². The van der Waals surface area contributed by atoms with E-state index >= 15 is 0 Å². The van der Waals surface area contributed by atoms with Crippen LogP contribution in [0.4, 0.5) is 17.5 Å². The highest BCUT2D eigenvalue weighted by molar-refractivity contribution is 5.99. The van der Waals surface area contributed by atoms with Gasteiger partial charge in [0.05, 0.1) is 30.1 Å². The summed E-state index contributed by atoms with van der Waals surface area (Å²) in [5, 5.41) is 7.48. The lowest BCUT2D eigenvalue weighted by molar-refractivity contribution is 0.101. The summed E-state index contributed by atoms with van der Waals surface area (Å²) in [5.74, 6) is 0.712. The first-order chi connectivity index (χ1) is 16.9. The van der Waals surface area contributed by atoms with Gasteiger partial charge in [-0.2, -0.15) is 4.98 Å². The fourth-order valence-electron chi connectivity index (χ4n) is 5.30. The number of hydrogen-bond acceptors (Lipinski definition) is 9. The molecule has 1 atom stereocenters. The Hall–Kier alpha value is -3.37. The van der Waals surface area contributed by atoms with E-state index in [2.05, 4.69) is 31.6 Å². The molecule has 3 aliphatic rings. The molecule has 182 valence electrons. The molecular formula is C25H29N7O3. The van der Waals surface area contributed by atoms with Crippen LogP contribution in [0.1, 0.15) is 48.1 Å². The molecule has 3 fully saturated rings. The van der Waals surface area contributed by atoms with Gasteiger partial charge in [0.1, 0.15) is 11.5 Å². The minimum Gasteiger partial charge on any atom is -0.379 e. The molecule has 0 amide bonds. The highest BCUT2D eigenvalue weighted by Crippen LogP contribution is 2.38. The van der Waals surface area contributed by atoms with Crippen molar-refractivity contribution in [3.8, 4) is 0 Å². The minimum absolute atomic E-state index is 0.169. The summed E-state index contributed by atoms with van der Waals surface area (Å²) in [5.41, 5.74) is 2.37. The van der Waals surface area contributed by atoms with Crippen LogP contribution in [0.3, 0.4) is 0 Å². The summed E-state index contributed by atoms with van der Waals surface area (Å²) in [6, 6.07) is 3.82. The molecule has 10 heteroatoms. The van der Waals surface area contributed by atoms with Crippen LogP contribution >= 0.6 is 0 Å². The zero-order valence-electron chi connectivity index (χ0n) is 20.0. The maximum atomic E-state index is 13.3. The number of rotatable bonds is 5. The smallest absolute Gasteiger partial charge is 0.263 e. The SMILES string of the molecule is CC(=O)c1c(C)c2cnc(Nc3ccc(N4CCNC5(CC5)C4)cn3)nc2n([C@H]2CCOC2)c1=O. The summed E-state index contributed by atoms with van der Waals surface area (Å²) in [6.45, 7) is 7.15. The number of nitrogens with zero attached hydrogens (tertiary/aromatic N) is 5. The lowest BCUT2D eigenvalue weighted by Crippen LogP contribution is -2.52. The minimum atomic E-state index is -0.324. The Morgan fingerprint density at radius 3 is 2.80 bits per heavy atom. The predicted octanol–water partition coefficient (Wildman–Crippen LogP) is 2.34. The number of ether oxygens (including phenoxy) is 1. The molecule has 0 unspecified atom stereocenters. The maximum absolute atomic E-state index is 13.3. The number of hydrogen-bond donors (Lipinski definition) is 2. The van der Waals surface area contributed by atoms with Crippen LogP contribution in [0.15, 0.2) is 29.3 Å². The zero-order chi connectivity index (χ0) is 24.2. The van der Waals surface area contributed by atoms with Crippen LogP contribution in [-0.4, -0.2) is 63.7 Å². The lowest BCUT2D eigenvalue weighted by Gasteiger charge is -2.35. The number of carbonyl (C=O) groups is 1. The van der Waals surface area contributed by atoms with Crippen molar-refractivity contribution >= 4 is 34.3 Å². The number of pyridine rings is 2. The Morgan fingerprint density at radius 2 is 2.11 bits per heavy atom. The standard InChI is InChI=1S/C25H29N7O3/c1-15-19-12-27-24(30-22(19)32(18-5-10-35-13-18)23(34)21(15)16(2)33)29-20-4-3-17(11-26-20)31-9-8-28-25(14-31)6-7-25/h3-4,11-12,18,28H,5-10,13-14H2,1-2H3,(H,26,27,29,30)/t18-/m0/s1. The summed E-state index contributed by atoms with van der Waals surface area (Å²) >= 11 is 0. The third-order valence-corrected chi connectivity index (χ3v) is 7.41. The molecule has 0 bridgehead atoms. The lowest BCUT2D eigenvalue weighted by atomic mass is 10.0. The predicted molar refractivity (Wildman–Crippen MR) is 133 cm³/mol. The van der Waals surface area contributed by atoms with Gasteiger partial charge in [-0.3, -0.25) is 14.2 Å². The molecule has 2 N–H and O–H groups in total. The molecule has 6 rings (SSSR count). The van der Waals surface area contributed by atoms with Gasteiger partial charge < -0.3 is 20.3 Å². The normalized spacial score (nSPS) is 21.0. The van der Waals surface area contributed by atoms with E-state index in [0.29, 0.717) is 53.5 Å². The van der Waals surface area contributed by atoms with Crippen molar-refractivity contribution in [2.24, 2.45) is 0 Å². The molecule has 0 radical (unpaired) electrons. The Labute approximate surface area is 202 Å². The molecule has 35 heavy (non-hydrogen) atoms. The van der Waals surface area contributed by atoms with Crippen LogP contribution in [0.2, 0.25) is 0 Å². The van der Waals surface area contributed by atoms with E-state index in [9.17, 15) is 9.59 Å². The second kappa shape index (κ2) is 8.39. The monoisotopic (exact) mass is 475 g/mol. The van der Waals surface area contributed by atoms with Gasteiger partial charge in [-0.15, -0.1) is 0 Å². The number of carbonyl (C=O) groups excluding carboxylic acids is 1. The van der Waals surface area contributed by atoms with Crippen LogP contribution in [0.25, 0.3) is 11.0 Å². The quantitative estimate of drug-likeness (QED) is 0.537. The number of aromatic nitrogens is 4. The fourth-order valence-corrected chi connectivity index (χ4v) is 5.30. The largest absolute Gasteiger partial charge is 0.379 e. The molecule has 3 aromatic heterocycles. The number of aryl methyl sites for hydroxylation is 1. The molecule has 2 saturated heterocycles. The molecule has 10 nitrogen and oxygen atoms in total. The molecule has 0 aromatic carbocycles. The maximum Gasteiger partial charge on any atom is 0.263 e. The van der Waals surface area contributed by atoms with Crippen LogP contribution in [0, 0.1) is 6.92 Å². The van der Waals surface area contributed by atoms with Crippen LogP contribution in [0.5, 0.6) is 0 Å². The summed E-state index contributed by atoms with van der Waals surface area (Å²) in [4.78, 5) is 41.7. The van der Waals surface area contributed by atoms with E-state index in [4.69, 9.17) is 9.72 Å². The van der Waals surface area contributed by atoms with Gasteiger partial charge in [-0.05, 0) is 50.8 Å². The van der Waals surface area contributed by atoms with Gasteiger partial charge >= 0.3 is 0 Å². The number of fused-ring (bicyclic) bond motifs is 1. The fraction of sp³-hybridized carbons (Fsp3) is 0.480. The molecular weight excluding hydrogens is 446 g/mol. The van der Waals surface area contributed by atoms with Gasteiger partial charge in [0.2, 0.25) is 5.95 Å². The molecule has 1 aliphatic carbocycles. The van der Waals surface area contributed by atoms with Crippen molar-refractivity contribution in [3.63, 3.8) is 0 Å². The number of ketones is 1. The molecule has 1 spiro atoms. The van der Waals surface area contributed by atoms with E-state index in [1.165, 1.54) is 19.8 Å². The first-order valence-corrected chi connectivity index (χ1v) is 12.2. The van der Waals surface area contributed by atoms with Crippen molar-refractivity contribution in [1.29, 1.82) is 0 Å². The molecule has 1 saturated carbocycles. The Balaban J connectivity index is 1.32. The Kier molecular flexibility index (Phi) is 5.30. The van der Waals surface area contributed by atoms with Crippen molar-refractivity contribution in [3.05, 3.63) is 46.0 Å². The van der Waals surface area contributed by atoms with Gasteiger partial charge in [0, 0.05) is 43.4 Å². The summed E-state index contributed by atoms with van der Waals surface area (Å²) in [7, 11) is 0. The van der Waals surface area contributed by atoms with Crippen molar-refractivity contribution < 1.29 is 9.53 Å². The van der Waals surface area contributed by atoms with Crippen molar-refractivity contribution in [2.45, 2.75) is 44.7 Å². The second-order valence-electron chi connectivity index (χ2n) is 9.83. The van der Waals surface area contributed by atoms with Crippen molar-refractivity contribution in [1.82, 2.24) is 24.8 Å². The molecule has 3 aromatic rings. The Bertz CT molecular complexity index is 1360. The van der Waals surface area contributed by atoms with Crippen molar-refractivity contribution in [2.75, 3.05) is 43.1 Å². The molecule has 2 aliphatic heterocycles. The third-order valence-electron chi connectivity index (χ3n) is 7.41. The van der Waals surface area contributed by atoms with E-state index in [1.54, 1.807) is 17.7 Å². The van der Waals surface area contributed by atoms with Gasteiger partial charge in [-0.1, -0.05) is 0 Å². The van der Waals surface area contributed by atoms with E-state index in [-0.39, 0.29) is 22.9 Å². The number of nitrogens with one attached hydrogen (secondary N) is 2. The van der Waals surface area contributed by atoms with Gasteiger partial charge in [-0.25, -0.2) is 9.97 Å². The van der Waals surface area contributed by atoms with E-state index in [0.717, 1.165) is 25.3 Å². The average molecular weight is 476 g/mol. The van der Waals surface area contributed by atoms with Gasteiger partial charge in [0.25, 0.3) is 5.56 Å². The zero-order valence-corrected chi connectivity index (χ0v) is 20.0. The summed E-state index contributed by atoms with van der Waals surface area (Å²) in [6.07, 6.45) is 6.71. The molecule has 5 heterocycles. The first kappa shape index (κ1) is 22.1. The average Bonchev–Trinajstić information content (AvgIpc) is 3.35. The summed E-state index contributed by atoms with van der Waals surface area (Å²) < 4.78 is 7.13. The van der Waals surface area contributed by atoms with Crippen LogP contribution in [-0.2, 0) is 4.74 Å². The Morgan fingerprint density at radius 1 is 1.26 bits per heavy atom. The highest BCUT2D eigenvalue weighted by Gasteiger charge is 2.45. The third kappa shape index (κ3) is 3.96.